The van der Waals surface area contributed by atoms with Crippen LogP contribution < -0.4 is 20.3 Å². The Labute approximate surface area is 222 Å². The van der Waals surface area contributed by atoms with Crippen LogP contribution in [0.4, 0.5) is 11.4 Å². The number of aromatic nitrogens is 1. The molecule has 0 saturated carbocycles. The molecule has 0 saturated heterocycles. The molecular formula is C29H32N4O3S. The largest absolute Gasteiger partial charge is 0.494 e. The minimum atomic E-state index is -0.296. The average molecular weight is 517 g/mol. The van der Waals surface area contributed by atoms with Gasteiger partial charge in [-0.3, -0.25) is 10.1 Å². The van der Waals surface area contributed by atoms with Crippen LogP contribution in [0.3, 0.4) is 0 Å². The molecule has 1 amide bonds. The first-order chi connectivity index (χ1) is 18.0. The summed E-state index contributed by atoms with van der Waals surface area (Å²) < 4.78 is 11.6. The molecule has 1 heterocycles. The fourth-order valence-electron chi connectivity index (χ4n) is 3.91. The molecule has 4 aromatic rings. The summed E-state index contributed by atoms with van der Waals surface area (Å²) in [6, 6.07) is 20.7. The first kappa shape index (κ1) is 26.2. The Balaban J connectivity index is 1.38. The molecule has 7 nitrogen and oxygen atoms in total. The van der Waals surface area contributed by atoms with Crippen LogP contribution in [0.1, 0.15) is 44.0 Å². The lowest BCUT2D eigenvalue weighted by Crippen LogP contribution is -2.34. The number of ether oxygens (including phenoxy) is 1. The van der Waals surface area contributed by atoms with Crippen molar-refractivity contribution in [2.24, 2.45) is 0 Å². The lowest BCUT2D eigenvalue weighted by molar-refractivity contribution is 0.0977. The molecule has 37 heavy (non-hydrogen) atoms. The third-order valence-corrected chi connectivity index (χ3v) is 6.20. The Hall–Kier alpha value is -3.91. The highest BCUT2D eigenvalue weighted by atomic mass is 32.1. The molecule has 0 aliphatic carbocycles. The lowest BCUT2D eigenvalue weighted by Gasteiger charge is -2.20. The number of hydrogen-bond donors (Lipinski definition) is 2. The van der Waals surface area contributed by atoms with Crippen molar-refractivity contribution in [3.05, 3.63) is 72.3 Å². The van der Waals surface area contributed by atoms with Gasteiger partial charge in [-0.25, -0.2) is 4.98 Å². The van der Waals surface area contributed by atoms with Crippen LogP contribution in [0.15, 0.2) is 71.1 Å². The van der Waals surface area contributed by atoms with Crippen molar-refractivity contribution < 1.29 is 13.9 Å². The highest BCUT2D eigenvalue weighted by Gasteiger charge is 2.12. The predicted octanol–water partition coefficient (Wildman–Crippen LogP) is 6.65. The molecule has 0 aliphatic rings. The third kappa shape index (κ3) is 6.65. The van der Waals surface area contributed by atoms with Crippen molar-refractivity contribution in [2.75, 3.05) is 29.9 Å². The van der Waals surface area contributed by atoms with Crippen molar-refractivity contribution in [3.63, 3.8) is 0 Å². The average Bonchev–Trinajstić information content (AvgIpc) is 3.34. The molecule has 0 spiro atoms. The van der Waals surface area contributed by atoms with E-state index in [9.17, 15) is 4.79 Å². The number of anilines is 2. The highest BCUT2D eigenvalue weighted by Crippen LogP contribution is 2.28. The van der Waals surface area contributed by atoms with Gasteiger partial charge in [0.05, 0.1) is 6.61 Å². The van der Waals surface area contributed by atoms with Crippen LogP contribution in [0, 0.1) is 0 Å². The summed E-state index contributed by atoms with van der Waals surface area (Å²) in [5, 5.41) is 5.96. The maximum atomic E-state index is 12.6. The van der Waals surface area contributed by atoms with Crippen LogP contribution in [0.5, 0.6) is 5.75 Å². The second-order valence-corrected chi connectivity index (χ2v) is 8.96. The first-order valence-electron chi connectivity index (χ1n) is 12.6. The minimum absolute atomic E-state index is 0.198. The van der Waals surface area contributed by atoms with Crippen molar-refractivity contribution in [1.29, 1.82) is 0 Å². The number of thiocarbonyl (C=S) groups is 1. The number of amides is 1. The van der Waals surface area contributed by atoms with Crippen molar-refractivity contribution in [2.45, 2.75) is 33.6 Å². The Morgan fingerprint density at radius 2 is 1.73 bits per heavy atom. The van der Waals surface area contributed by atoms with E-state index in [0.717, 1.165) is 37.2 Å². The SMILES string of the molecule is CCCCOc1ccc(C(=O)NC(=S)Nc2ccc3oc(-c4ccc(N(CC)CC)cc4)nc3c2)cc1. The van der Waals surface area contributed by atoms with Crippen LogP contribution in [0.2, 0.25) is 0 Å². The second-order valence-electron chi connectivity index (χ2n) is 8.56. The topological polar surface area (TPSA) is 79.6 Å². The molecule has 0 fully saturated rings. The van der Waals surface area contributed by atoms with Gasteiger partial charge < -0.3 is 19.4 Å². The fourth-order valence-corrected chi connectivity index (χ4v) is 4.12. The Kier molecular flexibility index (Phi) is 8.74. The number of carbonyl (C=O) groups excluding carboxylic acids is 1. The van der Waals surface area contributed by atoms with E-state index in [1.54, 1.807) is 24.3 Å². The number of carbonyl (C=O) groups is 1. The number of oxazole rings is 1. The summed E-state index contributed by atoms with van der Waals surface area (Å²) in [6.45, 7) is 8.97. The van der Waals surface area contributed by atoms with Gasteiger partial charge in [-0.1, -0.05) is 13.3 Å². The molecule has 4 rings (SSSR count). The van der Waals surface area contributed by atoms with E-state index in [-0.39, 0.29) is 11.0 Å². The Bertz CT molecular complexity index is 1350. The van der Waals surface area contributed by atoms with Gasteiger partial charge in [0.15, 0.2) is 10.7 Å². The predicted molar refractivity (Wildman–Crippen MR) is 154 cm³/mol. The molecule has 8 heteroatoms. The normalized spacial score (nSPS) is 10.8. The highest BCUT2D eigenvalue weighted by molar-refractivity contribution is 7.80. The molecule has 0 unspecified atom stereocenters. The van der Waals surface area contributed by atoms with E-state index in [4.69, 9.17) is 21.4 Å². The van der Waals surface area contributed by atoms with Gasteiger partial charge in [0.25, 0.3) is 5.91 Å². The molecule has 3 aromatic carbocycles. The van der Waals surface area contributed by atoms with Crippen LogP contribution in [-0.4, -0.2) is 35.7 Å². The molecule has 0 radical (unpaired) electrons. The molecule has 0 bridgehead atoms. The lowest BCUT2D eigenvalue weighted by atomic mass is 10.2. The summed E-state index contributed by atoms with van der Waals surface area (Å²) in [6.07, 6.45) is 2.06. The zero-order valence-electron chi connectivity index (χ0n) is 21.4. The molecule has 0 atom stereocenters. The molecule has 1 aromatic heterocycles. The Morgan fingerprint density at radius 1 is 1.00 bits per heavy atom. The fraction of sp³-hybridized carbons (Fsp3) is 0.276. The van der Waals surface area contributed by atoms with E-state index in [2.05, 4.69) is 53.4 Å². The van der Waals surface area contributed by atoms with Gasteiger partial charge in [-0.2, -0.15) is 0 Å². The first-order valence-corrected chi connectivity index (χ1v) is 13.0. The van der Waals surface area contributed by atoms with E-state index in [1.807, 2.05) is 30.3 Å². The quantitative estimate of drug-likeness (QED) is 0.180. The summed E-state index contributed by atoms with van der Waals surface area (Å²) in [7, 11) is 0. The van der Waals surface area contributed by atoms with Crippen molar-refractivity contribution in [3.8, 4) is 17.2 Å². The van der Waals surface area contributed by atoms with Gasteiger partial charge in [-0.15, -0.1) is 0 Å². The number of benzene rings is 3. The Morgan fingerprint density at radius 3 is 2.41 bits per heavy atom. The second kappa shape index (κ2) is 12.4. The molecule has 0 aliphatic heterocycles. The summed E-state index contributed by atoms with van der Waals surface area (Å²) in [4.78, 5) is 19.5. The number of nitrogens with one attached hydrogen (secondary N) is 2. The molecule has 192 valence electrons. The van der Waals surface area contributed by atoms with E-state index in [1.165, 1.54) is 5.69 Å². The van der Waals surface area contributed by atoms with Gasteiger partial charge in [-0.05, 0) is 99.2 Å². The number of unbranched alkanes of at least 4 members (excludes halogenated alkanes) is 1. The smallest absolute Gasteiger partial charge is 0.257 e. The summed E-state index contributed by atoms with van der Waals surface area (Å²) in [5.41, 5.74) is 4.64. The van der Waals surface area contributed by atoms with E-state index in [0.29, 0.717) is 34.8 Å². The van der Waals surface area contributed by atoms with Gasteiger partial charge >= 0.3 is 0 Å². The van der Waals surface area contributed by atoms with Crippen molar-refractivity contribution >= 4 is 45.7 Å². The third-order valence-electron chi connectivity index (χ3n) is 6.00. The zero-order valence-corrected chi connectivity index (χ0v) is 22.2. The summed E-state index contributed by atoms with van der Waals surface area (Å²) >= 11 is 5.35. The van der Waals surface area contributed by atoms with Crippen molar-refractivity contribution in [1.82, 2.24) is 10.3 Å². The monoisotopic (exact) mass is 516 g/mol. The summed E-state index contributed by atoms with van der Waals surface area (Å²) in [5.74, 6) is 0.998. The van der Waals surface area contributed by atoms with Crippen LogP contribution in [0.25, 0.3) is 22.6 Å². The van der Waals surface area contributed by atoms with Crippen LogP contribution >= 0.6 is 12.2 Å². The number of nitrogens with zero attached hydrogens (tertiary/aromatic N) is 2. The standard InChI is InChI=1S/C29H32N4O3S/c1-4-7-18-35-24-15-10-20(11-16-24)27(34)32-29(37)30-22-12-17-26-25(19-22)31-28(36-26)21-8-13-23(14-9-21)33(5-2)6-3/h8-17,19H,4-7,18H2,1-3H3,(H2,30,32,34,37). The molecular weight excluding hydrogens is 484 g/mol. The number of rotatable bonds is 10. The van der Waals surface area contributed by atoms with Gasteiger partial charge in [0, 0.05) is 35.6 Å². The van der Waals surface area contributed by atoms with E-state index >= 15 is 0 Å². The van der Waals surface area contributed by atoms with E-state index < -0.39 is 0 Å². The zero-order chi connectivity index (χ0) is 26.2. The maximum absolute atomic E-state index is 12.6. The van der Waals surface area contributed by atoms with Crippen LogP contribution in [-0.2, 0) is 0 Å². The maximum Gasteiger partial charge on any atom is 0.257 e. The van der Waals surface area contributed by atoms with Gasteiger partial charge in [0.2, 0.25) is 5.89 Å². The molecule has 2 N–H and O–H groups in total. The number of fused-ring (bicyclic) bond motifs is 1. The number of hydrogen-bond acceptors (Lipinski definition) is 6. The minimum Gasteiger partial charge on any atom is -0.494 e. The van der Waals surface area contributed by atoms with Gasteiger partial charge in [0.1, 0.15) is 11.3 Å².